The second-order valence-corrected chi connectivity index (χ2v) is 12.0. The smallest absolute Gasteiger partial charge is 0.246 e. The first-order valence-corrected chi connectivity index (χ1v) is 14.1. The number of aromatic nitrogens is 1. The normalized spacial score (nSPS) is 18.7. The van der Waals surface area contributed by atoms with E-state index in [4.69, 9.17) is 5.73 Å². The van der Waals surface area contributed by atoms with Gasteiger partial charge in [-0.3, -0.25) is 14.4 Å². The SMILES string of the molecule is Cc1ncsc1-c1ccc([C@H](C)NC(=O)[C@@H]2C[C@@H](O)CN2C(=O)[C@@H](NC(=O)CCCCN)C(C)(C)C)cc1.Cl. The third kappa shape index (κ3) is 8.48. The van der Waals surface area contributed by atoms with E-state index in [-0.39, 0.29) is 55.6 Å². The quantitative estimate of drug-likeness (QED) is 0.319. The van der Waals surface area contributed by atoms with Crippen LogP contribution < -0.4 is 16.4 Å². The number of nitrogens with zero attached hydrogens (tertiary/aromatic N) is 2. The number of likely N-dealkylation sites (tertiary alicyclic amines) is 1. The fourth-order valence-electron chi connectivity index (χ4n) is 4.68. The molecule has 3 rings (SSSR count). The third-order valence-electron chi connectivity index (χ3n) is 6.92. The van der Waals surface area contributed by atoms with Crippen LogP contribution in [0.5, 0.6) is 0 Å². The highest BCUT2D eigenvalue weighted by Crippen LogP contribution is 2.29. The van der Waals surface area contributed by atoms with Crippen LogP contribution in [-0.2, 0) is 14.4 Å². The number of aryl methyl sites for hydroxylation is 1. The zero-order valence-electron chi connectivity index (χ0n) is 23.4. The summed E-state index contributed by atoms with van der Waals surface area (Å²) in [6.45, 7) is 10.0. The van der Waals surface area contributed by atoms with E-state index in [1.165, 1.54) is 4.90 Å². The van der Waals surface area contributed by atoms with Crippen molar-refractivity contribution in [1.82, 2.24) is 20.5 Å². The zero-order chi connectivity index (χ0) is 28.0. The van der Waals surface area contributed by atoms with E-state index in [1.54, 1.807) is 11.3 Å². The second kappa shape index (κ2) is 14.2. The molecule has 1 aromatic carbocycles. The van der Waals surface area contributed by atoms with Crippen LogP contribution in [0.25, 0.3) is 10.4 Å². The number of hydrogen-bond acceptors (Lipinski definition) is 7. The number of benzene rings is 1. The monoisotopic (exact) mass is 579 g/mol. The Labute approximate surface area is 241 Å². The molecule has 1 aliphatic rings. The van der Waals surface area contributed by atoms with E-state index in [9.17, 15) is 19.5 Å². The van der Waals surface area contributed by atoms with Crippen molar-refractivity contribution in [3.63, 3.8) is 0 Å². The van der Waals surface area contributed by atoms with Gasteiger partial charge in [0, 0.05) is 19.4 Å². The van der Waals surface area contributed by atoms with Crippen molar-refractivity contribution in [2.45, 2.75) is 84.5 Å². The van der Waals surface area contributed by atoms with Crippen LogP contribution in [0.1, 0.15) is 70.7 Å². The Balaban J connectivity index is 0.00000533. The minimum Gasteiger partial charge on any atom is -0.391 e. The van der Waals surface area contributed by atoms with Gasteiger partial charge in [0.25, 0.3) is 0 Å². The number of hydrogen-bond donors (Lipinski definition) is 4. The fourth-order valence-corrected chi connectivity index (χ4v) is 5.49. The first-order valence-electron chi connectivity index (χ1n) is 13.2. The molecule has 2 aromatic rings. The van der Waals surface area contributed by atoms with Gasteiger partial charge in [0.15, 0.2) is 0 Å². The summed E-state index contributed by atoms with van der Waals surface area (Å²) >= 11 is 1.59. The number of aliphatic hydroxyl groups is 1. The van der Waals surface area contributed by atoms with Gasteiger partial charge in [-0.05, 0) is 49.8 Å². The lowest BCUT2D eigenvalue weighted by atomic mass is 9.85. The van der Waals surface area contributed by atoms with E-state index >= 15 is 0 Å². The maximum Gasteiger partial charge on any atom is 0.246 e. The minimum atomic E-state index is -0.825. The molecule has 0 saturated carbocycles. The summed E-state index contributed by atoms with van der Waals surface area (Å²) in [7, 11) is 0. The molecule has 5 N–H and O–H groups in total. The Hall–Kier alpha value is -2.53. The predicted octanol–water partition coefficient (Wildman–Crippen LogP) is 3.34. The van der Waals surface area contributed by atoms with Gasteiger partial charge in [0.2, 0.25) is 17.7 Å². The molecule has 1 saturated heterocycles. The molecule has 0 spiro atoms. The Morgan fingerprint density at radius 1 is 1.18 bits per heavy atom. The average molecular weight is 580 g/mol. The van der Waals surface area contributed by atoms with Crippen LogP contribution in [0.2, 0.25) is 0 Å². The molecule has 216 valence electrons. The van der Waals surface area contributed by atoms with Crippen LogP contribution in [0.15, 0.2) is 29.8 Å². The van der Waals surface area contributed by atoms with Gasteiger partial charge in [-0.2, -0.15) is 0 Å². The highest BCUT2D eigenvalue weighted by Gasteiger charge is 2.44. The molecule has 39 heavy (non-hydrogen) atoms. The van der Waals surface area contributed by atoms with Gasteiger partial charge < -0.3 is 26.4 Å². The van der Waals surface area contributed by atoms with Crippen LogP contribution in [0.3, 0.4) is 0 Å². The number of carbonyl (C=O) groups is 3. The molecule has 1 aliphatic heterocycles. The molecule has 1 aromatic heterocycles. The Bertz CT molecular complexity index is 1120. The summed E-state index contributed by atoms with van der Waals surface area (Å²) in [5.74, 6) is -0.914. The second-order valence-electron chi connectivity index (χ2n) is 11.1. The molecule has 2 heterocycles. The van der Waals surface area contributed by atoms with Crippen molar-refractivity contribution in [1.29, 1.82) is 0 Å². The van der Waals surface area contributed by atoms with Gasteiger partial charge in [-0.25, -0.2) is 4.98 Å². The Morgan fingerprint density at radius 3 is 2.41 bits per heavy atom. The third-order valence-corrected chi connectivity index (χ3v) is 7.90. The van der Waals surface area contributed by atoms with E-state index in [2.05, 4.69) is 15.6 Å². The number of carbonyl (C=O) groups excluding carboxylic acids is 3. The molecule has 3 amide bonds. The molecule has 0 aliphatic carbocycles. The average Bonchev–Trinajstić information content (AvgIpc) is 3.47. The Kier molecular flexibility index (Phi) is 11.9. The van der Waals surface area contributed by atoms with Gasteiger partial charge in [0.1, 0.15) is 12.1 Å². The zero-order valence-corrected chi connectivity index (χ0v) is 25.0. The number of unbranched alkanes of at least 4 members (excludes halogenated alkanes) is 1. The largest absolute Gasteiger partial charge is 0.391 e. The lowest BCUT2D eigenvalue weighted by Gasteiger charge is -2.35. The maximum atomic E-state index is 13.6. The number of amides is 3. The van der Waals surface area contributed by atoms with E-state index < -0.39 is 23.6 Å². The minimum absolute atomic E-state index is 0. The number of rotatable bonds is 10. The van der Waals surface area contributed by atoms with E-state index in [0.29, 0.717) is 13.0 Å². The first-order chi connectivity index (χ1) is 17.9. The van der Waals surface area contributed by atoms with Crippen LogP contribution in [-0.4, -0.2) is 64.0 Å². The summed E-state index contributed by atoms with van der Waals surface area (Å²) < 4.78 is 0. The number of nitrogens with one attached hydrogen (secondary N) is 2. The molecule has 9 nitrogen and oxygen atoms in total. The van der Waals surface area contributed by atoms with Crippen molar-refractivity contribution in [3.8, 4) is 10.4 Å². The van der Waals surface area contributed by atoms with E-state index in [0.717, 1.165) is 28.1 Å². The summed E-state index contributed by atoms with van der Waals surface area (Å²) in [5, 5.41) is 16.3. The van der Waals surface area contributed by atoms with Crippen molar-refractivity contribution in [2.24, 2.45) is 11.1 Å². The number of halogens is 1. The Morgan fingerprint density at radius 2 is 1.85 bits per heavy atom. The molecule has 4 atom stereocenters. The summed E-state index contributed by atoms with van der Waals surface area (Å²) in [6, 6.07) is 6.03. The number of thiazole rings is 1. The van der Waals surface area contributed by atoms with Crippen molar-refractivity contribution in [2.75, 3.05) is 13.1 Å². The topological polar surface area (TPSA) is 138 Å². The molecular formula is C28H42ClN5O4S. The molecule has 0 unspecified atom stereocenters. The first kappa shape index (κ1) is 32.7. The van der Waals surface area contributed by atoms with Crippen LogP contribution in [0, 0.1) is 12.3 Å². The summed E-state index contributed by atoms with van der Waals surface area (Å²) in [4.78, 5) is 46.4. The van der Waals surface area contributed by atoms with Crippen LogP contribution in [0.4, 0.5) is 0 Å². The van der Waals surface area contributed by atoms with Gasteiger partial charge in [0.05, 0.1) is 28.2 Å². The predicted molar refractivity (Wildman–Crippen MR) is 157 cm³/mol. The van der Waals surface area contributed by atoms with Gasteiger partial charge in [-0.15, -0.1) is 23.7 Å². The number of nitrogens with two attached hydrogens (primary N) is 1. The lowest BCUT2D eigenvalue weighted by Crippen LogP contribution is -2.57. The number of β-amino-alcohol motifs (C(OH)–C–C–N with tert-alkyl or cyclic N) is 1. The lowest BCUT2D eigenvalue weighted by molar-refractivity contribution is -0.144. The molecule has 1 fully saturated rings. The van der Waals surface area contributed by atoms with E-state index in [1.807, 2.05) is 64.4 Å². The summed E-state index contributed by atoms with van der Waals surface area (Å²) in [6.07, 6.45) is 0.988. The molecule has 0 bridgehead atoms. The van der Waals surface area contributed by atoms with Crippen LogP contribution >= 0.6 is 23.7 Å². The van der Waals surface area contributed by atoms with Gasteiger partial charge in [-0.1, -0.05) is 45.0 Å². The molecule has 11 heteroatoms. The van der Waals surface area contributed by atoms with Crippen molar-refractivity contribution < 1.29 is 19.5 Å². The maximum absolute atomic E-state index is 13.6. The highest BCUT2D eigenvalue weighted by atomic mass is 35.5. The fraction of sp³-hybridized carbons (Fsp3) is 0.571. The summed E-state index contributed by atoms with van der Waals surface area (Å²) in [5.41, 5.74) is 9.74. The van der Waals surface area contributed by atoms with Crippen molar-refractivity contribution in [3.05, 3.63) is 41.0 Å². The molecular weight excluding hydrogens is 538 g/mol. The standard InChI is InChI=1S/C28H41N5O4S.ClH/c1-17(19-9-11-20(12-10-19)24-18(2)30-16-38-24)31-26(36)22-14-21(34)15-33(22)27(37)25(28(3,4)5)32-23(35)8-6-7-13-29;/h9-12,16-17,21-22,25,34H,6-8,13-15,29H2,1-5H3,(H,31,36)(H,32,35);1H/t17-,21+,22-,25+;/m0./s1. The highest BCUT2D eigenvalue weighted by molar-refractivity contribution is 7.13. The molecule has 0 radical (unpaired) electrons. The van der Waals surface area contributed by atoms with Gasteiger partial charge >= 0.3 is 0 Å². The number of aliphatic hydroxyl groups excluding tert-OH is 1. The van der Waals surface area contributed by atoms with Crippen molar-refractivity contribution >= 4 is 41.5 Å².